The molecule has 4 amide bonds. The number of non-ortho nitro benzene ring substituents is 1. The molecule has 2 heterocycles. The Morgan fingerprint density at radius 2 is 1.89 bits per heavy atom. The van der Waals surface area contributed by atoms with Crippen LogP contribution in [0.5, 0.6) is 11.5 Å². The van der Waals surface area contributed by atoms with E-state index in [9.17, 15) is 24.5 Å². The molecule has 0 spiro atoms. The van der Waals surface area contributed by atoms with E-state index in [1.165, 1.54) is 24.5 Å². The highest BCUT2D eigenvalue weighted by Gasteiger charge is 2.36. The maximum absolute atomic E-state index is 12.9. The molecule has 0 unspecified atom stereocenters. The van der Waals surface area contributed by atoms with Crippen molar-refractivity contribution >= 4 is 29.6 Å². The summed E-state index contributed by atoms with van der Waals surface area (Å²) in [5, 5.41) is 13.1. The van der Waals surface area contributed by atoms with Crippen molar-refractivity contribution in [3.8, 4) is 11.5 Å². The van der Waals surface area contributed by atoms with Crippen LogP contribution in [0.4, 0.5) is 10.5 Å². The highest BCUT2D eigenvalue weighted by atomic mass is 16.6. The third-order valence-electron chi connectivity index (χ3n) is 5.17. The summed E-state index contributed by atoms with van der Waals surface area (Å²) in [6.45, 7) is 2.04. The first-order valence-corrected chi connectivity index (χ1v) is 10.9. The quantitative estimate of drug-likeness (QED) is 0.206. The summed E-state index contributed by atoms with van der Waals surface area (Å²) in [7, 11) is 0. The number of benzene rings is 2. The maximum Gasteiger partial charge on any atom is 0.331 e. The molecule has 0 radical (unpaired) electrons. The number of nitrogens with one attached hydrogen (secondary N) is 1. The van der Waals surface area contributed by atoms with E-state index in [0.717, 1.165) is 4.90 Å². The molecule has 3 aromatic rings. The number of barbiturate groups is 1. The van der Waals surface area contributed by atoms with Crippen LogP contribution in [-0.4, -0.2) is 34.3 Å². The van der Waals surface area contributed by atoms with Gasteiger partial charge in [0.25, 0.3) is 17.5 Å². The van der Waals surface area contributed by atoms with E-state index in [0.29, 0.717) is 35.0 Å². The Morgan fingerprint density at radius 1 is 1.06 bits per heavy atom. The number of carbonyl (C=O) groups excluding carboxylic acids is 3. The third-order valence-corrected chi connectivity index (χ3v) is 5.17. The zero-order chi connectivity index (χ0) is 25.7. The molecule has 184 valence electrons. The predicted octanol–water partition coefficient (Wildman–Crippen LogP) is 3.83. The first kappa shape index (κ1) is 24.2. The van der Waals surface area contributed by atoms with Gasteiger partial charge in [0.15, 0.2) is 11.5 Å². The number of nitro groups is 1. The second kappa shape index (κ2) is 10.6. The number of urea groups is 1. The molecule has 0 atom stereocenters. The molecule has 1 aliphatic heterocycles. The smallest absolute Gasteiger partial charge is 0.331 e. The first-order valence-electron chi connectivity index (χ1n) is 10.9. The van der Waals surface area contributed by atoms with Crippen LogP contribution in [-0.2, 0) is 22.7 Å². The van der Waals surface area contributed by atoms with Crippen molar-refractivity contribution in [3.63, 3.8) is 0 Å². The highest BCUT2D eigenvalue weighted by Crippen LogP contribution is 2.31. The van der Waals surface area contributed by atoms with E-state index >= 15 is 0 Å². The monoisotopic (exact) mass is 491 g/mol. The Kier molecular flexibility index (Phi) is 7.10. The number of nitro benzene ring substituents is 1. The van der Waals surface area contributed by atoms with Crippen molar-refractivity contribution in [2.75, 3.05) is 6.61 Å². The van der Waals surface area contributed by atoms with Crippen LogP contribution in [0.15, 0.2) is 70.9 Å². The Balaban J connectivity index is 1.56. The fourth-order valence-electron chi connectivity index (χ4n) is 3.49. The Hall–Kier alpha value is -4.93. The minimum absolute atomic E-state index is 0.0434. The number of rotatable bonds is 9. The van der Waals surface area contributed by atoms with Crippen LogP contribution in [0.3, 0.4) is 0 Å². The Morgan fingerprint density at radius 3 is 2.61 bits per heavy atom. The zero-order valence-electron chi connectivity index (χ0n) is 19.1. The lowest BCUT2D eigenvalue weighted by molar-refractivity contribution is -0.384. The van der Waals surface area contributed by atoms with Gasteiger partial charge in [-0.1, -0.05) is 18.2 Å². The predicted molar refractivity (Wildman–Crippen MR) is 126 cm³/mol. The summed E-state index contributed by atoms with van der Waals surface area (Å²) >= 11 is 0. The summed E-state index contributed by atoms with van der Waals surface area (Å²) in [4.78, 5) is 48.9. The highest BCUT2D eigenvalue weighted by molar-refractivity contribution is 6.30. The maximum atomic E-state index is 12.9. The van der Waals surface area contributed by atoms with Crippen LogP contribution >= 0.6 is 0 Å². The lowest BCUT2D eigenvalue weighted by atomic mass is 10.1. The number of hydrogen-bond donors (Lipinski definition) is 1. The molecule has 0 bridgehead atoms. The number of amides is 4. The molecular formula is C25H21N3O8. The Bertz CT molecular complexity index is 1350. The normalized spacial score (nSPS) is 14.6. The summed E-state index contributed by atoms with van der Waals surface area (Å²) < 4.78 is 16.7. The van der Waals surface area contributed by atoms with E-state index in [4.69, 9.17) is 13.9 Å². The van der Waals surface area contributed by atoms with Crippen molar-refractivity contribution in [2.45, 2.75) is 20.1 Å². The van der Waals surface area contributed by atoms with Gasteiger partial charge in [-0.05, 0) is 48.4 Å². The van der Waals surface area contributed by atoms with Gasteiger partial charge in [-0.2, -0.15) is 0 Å². The standard InChI is InChI=1S/C25H21N3O8/c1-2-34-22-13-16(8-9-21(22)36-15-17-5-3-6-18(11-17)28(32)33)12-20-23(29)26-25(31)27(24(20)30)14-19-7-4-10-35-19/h3-13H,2,14-15H2,1H3,(H,26,29,31)/b20-12+. The third kappa shape index (κ3) is 5.41. The van der Waals surface area contributed by atoms with E-state index in [1.54, 1.807) is 49.4 Å². The van der Waals surface area contributed by atoms with E-state index in [1.807, 2.05) is 0 Å². The van der Waals surface area contributed by atoms with Crippen molar-refractivity contribution < 1.29 is 33.2 Å². The number of carbonyl (C=O) groups is 3. The average Bonchev–Trinajstić information content (AvgIpc) is 3.37. The van der Waals surface area contributed by atoms with E-state index in [2.05, 4.69) is 5.32 Å². The van der Waals surface area contributed by atoms with Crippen molar-refractivity contribution in [1.82, 2.24) is 10.2 Å². The number of hydrogen-bond acceptors (Lipinski definition) is 8. The van der Waals surface area contributed by atoms with Gasteiger partial charge in [0.2, 0.25) is 0 Å². The van der Waals surface area contributed by atoms with Gasteiger partial charge in [0.1, 0.15) is 17.9 Å². The van der Waals surface area contributed by atoms with Gasteiger partial charge in [0, 0.05) is 12.1 Å². The second-order valence-electron chi connectivity index (χ2n) is 7.64. The van der Waals surface area contributed by atoms with Gasteiger partial charge in [-0.3, -0.25) is 29.9 Å². The minimum atomic E-state index is -0.835. The SMILES string of the molecule is CCOc1cc(/C=C2\C(=O)NC(=O)N(Cc3ccco3)C2=O)ccc1OCc1cccc([N+](=O)[O-])c1. The van der Waals surface area contributed by atoms with Crippen molar-refractivity contribution in [1.29, 1.82) is 0 Å². The van der Waals surface area contributed by atoms with E-state index in [-0.39, 0.29) is 24.4 Å². The molecule has 2 aromatic carbocycles. The summed E-state index contributed by atoms with van der Waals surface area (Å²) in [5.41, 5.74) is 0.794. The molecule has 11 nitrogen and oxygen atoms in total. The zero-order valence-corrected chi connectivity index (χ0v) is 19.1. The molecule has 0 saturated carbocycles. The van der Waals surface area contributed by atoms with Gasteiger partial charge in [-0.15, -0.1) is 0 Å². The molecule has 0 aliphatic carbocycles. The topological polar surface area (TPSA) is 141 Å². The fraction of sp³-hybridized carbons (Fsp3) is 0.160. The first-order chi connectivity index (χ1) is 17.4. The lowest BCUT2D eigenvalue weighted by Gasteiger charge is -2.25. The second-order valence-corrected chi connectivity index (χ2v) is 7.64. The van der Waals surface area contributed by atoms with Crippen LogP contribution in [0.25, 0.3) is 6.08 Å². The molecular weight excluding hydrogens is 470 g/mol. The van der Waals surface area contributed by atoms with Crippen molar-refractivity contribution in [2.24, 2.45) is 0 Å². The largest absolute Gasteiger partial charge is 0.490 e. The molecule has 1 saturated heterocycles. The summed E-state index contributed by atoms with van der Waals surface area (Å²) in [6.07, 6.45) is 2.77. The fourth-order valence-corrected chi connectivity index (χ4v) is 3.49. The molecule has 1 N–H and O–H groups in total. The number of ether oxygens (including phenoxy) is 2. The van der Waals surface area contributed by atoms with Crippen molar-refractivity contribution in [3.05, 3.63) is 93.4 Å². The molecule has 4 rings (SSSR count). The van der Waals surface area contributed by atoms with Crippen LogP contribution in [0, 0.1) is 10.1 Å². The minimum Gasteiger partial charge on any atom is -0.490 e. The van der Waals surface area contributed by atoms with Gasteiger partial charge >= 0.3 is 6.03 Å². The van der Waals surface area contributed by atoms with Crippen LogP contribution < -0.4 is 14.8 Å². The van der Waals surface area contributed by atoms with Crippen LogP contribution in [0.1, 0.15) is 23.8 Å². The number of imide groups is 2. The van der Waals surface area contributed by atoms with Gasteiger partial charge in [-0.25, -0.2) is 4.79 Å². The molecule has 11 heteroatoms. The average molecular weight is 491 g/mol. The molecule has 1 aromatic heterocycles. The van der Waals surface area contributed by atoms with E-state index < -0.39 is 22.8 Å². The summed E-state index contributed by atoms with van der Waals surface area (Å²) in [5.74, 6) is -0.464. The van der Waals surface area contributed by atoms with Crippen LogP contribution in [0.2, 0.25) is 0 Å². The Labute approximate surface area is 205 Å². The number of nitrogens with zero attached hydrogens (tertiary/aromatic N) is 2. The molecule has 1 aliphatic rings. The summed E-state index contributed by atoms with van der Waals surface area (Å²) in [6, 6.07) is 13.3. The molecule has 1 fully saturated rings. The van der Waals surface area contributed by atoms with Gasteiger partial charge in [0.05, 0.1) is 24.3 Å². The molecule has 36 heavy (non-hydrogen) atoms. The van der Waals surface area contributed by atoms with Gasteiger partial charge < -0.3 is 13.9 Å². The number of furan rings is 1. The lowest BCUT2D eigenvalue weighted by Crippen LogP contribution is -2.53.